The lowest BCUT2D eigenvalue weighted by Crippen LogP contribution is -2.37. The predicted molar refractivity (Wildman–Crippen MR) is 114 cm³/mol. The number of sulfonamides is 1. The molecule has 1 amide bonds. The van der Waals surface area contributed by atoms with Gasteiger partial charge in [-0.05, 0) is 54.5 Å². The second-order valence-corrected chi connectivity index (χ2v) is 8.08. The minimum Gasteiger partial charge on any atom is -0.496 e. The third-order valence-electron chi connectivity index (χ3n) is 4.08. The van der Waals surface area contributed by atoms with Gasteiger partial charge in [0, 0.05) is 13.6 Å². The molecule has 2 aromatic carbocycles. The maximum Gasteiger partial charge on any atom is 0.267 e. The van der Waals surface area contributed by atoms with E-state index in [1.807, 2.05) is 0 Å². The average Bonchev–Trinajstić information content (AvgIpc) is 2.73. The Kier molecular flexibility index (Phi) is 7.95. The molecule has 0 aliphatic carbocycles. The lowest BCUT2D eigenvalue weighted by atomic mass is 10.1. The SMILES string of the molecule is CNC(=S)NS(=O)(=O)c1cc(CCNC(=O)c2cc(F)ccc2OC)ccc1OC. The summed E-state index contributed by atoms with van der Waals surface area (Å²) in [6.45, 7) is 0.187. The molecule has 2 rings (SSSR count). The molecular formula is C19H22FN3O5S2. The number of carbonyl (C=O) groups is 1. The Morgan fingerprint density at radius 2 is 1.77 bits per heavy atom. The van der Waals surface area contributed by atoms with E-state index in [2.05, 4.69) is 15.4 Å². The predicted octanol–water partition coefficient (Wildman–Crippen LogP) is 1.60. The Balaban J connectivity index is 2.14. The van der Waals surface area contributed by atoms with Crippen molar-refractivity contribution in [3.8, 4) is 11.5 Å². The molecule has 11 heteroatoms. The molecule has 162 valence electrons. The highest BCUT2D eigenvalue weighted by molar-refractivity contribution is 7.92. The number of nitrogens with one attached hydrogen (secondary N) is 3. The topological polar surface area (TPSA) is 106 Å². The Labute approximate surface area is 179 Å². The first kappa shape index (κ1) is 23.4. The van der Waals surface area contributed by atoms with E-state index in [4.69, 9.17) is 21.7 Å². The molecule has 0 atom stereocenters. The highest BCUT2D eigenvalue weighted by Gasteiger charge is 2.21. The summed E-state index contributed by atoms with van der Waals surface area (Å²) in [5.74, 6) is -0.663. The second kappa shape index (κ2) is 10.2. The summed E-state index contributed by atoms with van der Waals surface area (Å²) < 4.78 is 51.0. The van der Waals surface area contributed by atoms with Crippen LogP contribution in [-0.4, -0.2) is 47.2 Å². The van der Waals surface area contributed by atoms with Crippen LogP contribution in [0.1, 0.15) is 15.9 Å². The molecule has 2 aromatic rings. The fraction of sp³-hybridized carbons (Fsp3) is 0.263. The Morgan fingerprint density at radius 1 is 1.10 bits per heavy atom. The maximum atomic E-state index is 13.5. The molecule has 0 unspecified atom stereocenters. The van der Waals surface area contributed by atoms with Gasteiger partial charge in [0.25, 0.3) is 15.9 Å². The van der Waals surface area contributed by atoms with Crippen LogP contribution in [0.25, 0.3) is 0 Å². The van der Waals surface area contributed by atoms with E-state index in [0.29, 0.717) is 12.0 Å². The molecule has 0 heterocycles. The van der Waals surface area contributed by atoms with Gasteiger partial charge in [0.05, 0.1) is 19.8 Å². The highest BCUT2D eigenvalue weighted by atomic mass is 32.2. The van der Waals surface area contributed by atoms with E-state index in [0.717, 1.165) is 6.07 Å². The van der Waals surface area contributed by atoms with Crippen molar-refractivity contribution < 1.29 is 27.1 Å². The van der Waals surface area contributed by atoms with Crippen molar-refractivity contribution in [2.24, 2.45) is 0 Å². The number of carbonyl (C=O) groups excluding carboxylic acids is 1. The van der Waals surface area contributed by atoms with E-state index >= 15 is 0 Å². The zero-order chi connectivity index (χ0) is 22.3. The van der Waals surface area contributed by atoms with Crippen LogP contribution in [0.3, 0.4) is 0 Å². The third kappa shape index (κ3) is 5.80. The average molecular weight is 456 g/mol. The summed E-state index contributed by atoms with van der Waals surface area (Å²) in [7, 11) is 0.280. The normalized spacial score (nSPS) is 10.8. The number of benzene rings is 2. The van der Waals surface area contributed by atoms with Gasteiger partial charge < -0.3 is 20.1 Å². The number of halogens is 1. The summed E-state index contributed by atoms with van der Waals surface area (Å²) in [5.41, 5.74) is 0.707. The van der Waals surface area contributed by atoms with Crippen LogP contribution in [-0.2, 0) is 16.4 Å². The largest absolute Gasteiger partial charge is 0.496 e. The minimum atomic E-state index is -3.96. The quantitative estimate of drug-likeness (QED) is 0.519. The van der Waals surface area contributed by atoms with Gasteiger partial charge >= 0.3 is 0 Å². The fourth-order valence-electron chi connectivity index (χ4n) is 2.59. The first-order valence-electron chi connectivity index (χ1n) is 8.75. The van der Waals surface area contributed by atoms with Gasteiger partial charge in [-0.1, -0.05) is 6.07 Å². The summed E-state index contributed by atoms with van der Waals surface area (Å²) in [4.78, 5) is 12.3. The van der Waals surface area contributed by atoms with Crippen LogP contribution < -0.4 is 24.8 Å². The van der Waals surface area contributed by atoms with Gasteiger partial charge in [-0.15, -0.1) is 0 Å². The molecule has 0 aromatic heterocycles. The molecule has 0 saturated heterocycles. The Hall–Kier alpha value is -2.92. The van der Waals surface area contributed by atoms with Crippen molar-refractivity contribution in [3.05, 3.63) is 53.3 Å². The minimum absolute atomic E-state index is 0.0567. The molecule has 0 radical (unpaired) electrons. The number of hydrogen-bond donors (Lipinski definition) is 3. The lowest BCUT2D eigenvalue weighted by Gasteiger charge is -2.14. The highest BCUT2D eigenvalue weighted by Crippen LogP contribution is 2.25. The van der Waals surface area contributed by atoms with Crippen molar-refractivity contribution >= 4 is 33.3 Å². The summed E-state index contributed by atoms with van der Waals surface area (Å²) in [6, 6.07) is 8.29. The van der Waals surface area contributed by atoms with Crippen molar-refractivity contribution in [2.75, 3.05) is 27.8 Å². The van der Waals surface area contributed by atoms with Gasteiger partial charge in [0.2, 0.25) is 0 Å². The van der Waals surface area contributed by atoms with Crippen molar-refractivity contribution in [1.82, 2.24) is 15.4 Å². The van der Waals surface area contributed by atoms with E-state index in [9.17, 15) is 17.6 Å². The Morgan fingerprint density at radius 3 is 2.40 bits per heavy atom. The smallest absolute Gasteiger partial charge is 0.267 e. The van der Waals surface area contributed by atoms with Gasteiger partial charge in [-0.2, -0.15) is 0 Å². The van der Waals surface area contributed by atoms with Gasteiger partial charge in [-0.25, -0.2) is 12.8 Å². The molecule has 0 aliphatic heterocycles. The van der Waals surface area contributed by atoms with E-state index in [1.165, 1.54) is 45.5 Å². The van der Waals surface area contributed by atoms with Crippen LogP contribution in [0, 0.1) is 5.82 Å². The van der Waals surface area contributed by atoms with Crippen molar-refractivity contribution in [3.63, 3.8) is 0 Å². The Bertz CT molecular complexity index is 1040. The fourth-order valence-corrected chi connectivity index (χ4v) is 4.10. The van der Waals surface area contributed by atoms with Gasteiger partial charge in [-0.3, -0.25) is 9.52 Å². The van der Waals surface area contributed by atoms with Crippen LogP contribution in [0.5, 0.6) is 11.5 Å². The lowest BCUT2D eigenvalue weighted by molar-refractivity contribution is 0.0950. The van der Waals surface area contributed by atoms with E-state index in [1.54, 1.807) is 6.07 Å². The van der Waals surface area contributed by atoms with Crippen molar-refractivity contribution in [2.45, 2.75) is 11.3 Å². The molecule has 0 bridgehead atoms. The number of hydrogen-bond acceptors (Lipinski definition) is 6. The number of thiocarbonyl (C=S) groups is 1. The summed E-state index contributed by atoms with van der Waals surface area (Å²) in [6.07, 6.45) is 0.326. The molecule has 0 saturated carbocycles. The third-order valence-corrected chi connectivity index (χ3v) is 5.88. The molecule has 30 heavy (non-hydrogen) atoms. The molecule has 0 spiro atoms. The molecule has 0 aliphatic rings. The zero-order valence-corrected chi connectivity index (χ0v) is 18.2. The van der Waals surface area contributed by atoms with Gasteiger partial charge in [0.1, 0.15) is 22.2 Å². The van der Waals surface area contributed by atoms with E-state index in [-0.39, 0.29) is 33.6 Å². The molecule has 3 N–H and O–H groups in total. The number of rotatable bonds is 8. The first-order valence-corrected chi connectivity index (χ1v) is 10.6. The van der Waals surface area contributed by atoms with E-state index < -0.39 is 21.7 Å². The monoisotopic (exact) mass is 455 g/mol. The number of amides is 1. The number of ether oxygens (including phenoxy) is 2. The standard InChI is InChI=1S/C19H22FN3O5S2/c1-21-19(29)23-30(25,26)17-10-12(4-6-16(17)28-3)8-9-22-18(24)14-11-13(20)5-7-15(14)27-2/h4-7,10-11H,8-9H2,1-3H3,(H,22,24)(H2,21,23,29). The van der Waals surface area contributed by atoms with Crippen molar-refractivity contribution in [1.29, 1.82) is 0 Å². The second-order valence-electron chi connectivity index (χ2n) is 6.02. The zero-order valence-electron chi connectivity index (χ0n) is 16.6. The van der Waals surface area contributed by atoms with Crippen LogP contribution >= 0.6 is 12.2 Å². The van der Waals surface area contributed by atoms with Gasteiger partial charge in [0.15, 0.2) is 5.11 Å². The van der Waals surface area contributed by atoms with Crippen LogP contribution in [0.4, 0.5) is 4.39 Å². The molecular weight excluding hydrogens is 433 g/mol. The summed E-state index contributed by atoms with van der Waals surface area (Å²) >= 11 is 4.86. The van der Waals surface area contributed by atoms with Crippen LogP contribution in [0.15, 0.2) is 41.3 Å². The van der Waals surface area contributed by atoms with Crippen LogP contribution in [0.2, 0.25) is 0 Å². The maximum absolute atomic E-state index is 13.5. The molecule has 0 fully saturated rings. The first-order chi connectivity index (χ1) is 14.2. The number of methoxy groups -OCH3 is 2. The molecule has 8 nitrogen and oxygen atoms in total. The summed E-state index contributed by atoms with van der Waals surface area (Å²) in [5, 5.41) is 5.14.